The van der Waals surface area contributed by atoms with Gasteiger partial charge in [0.05, 0.1) is 13.1 Å². The van der Waals surface area contributed by atoms with Gasteiger partial charge in [-0.05, 0) is 32.9 Å². The quantitative estimate of drug-likeness (QED) is 0.680. The predicted octanol–water partition coefficient (Wildman–Crippen LogP) is 1.18. The van der Waals surface area contributed by atoms with Crippen LogP contribution in [-0.4, -0.2) is 44.6 Å². The van der Waals surface area contributed by atoms with Crippen molar-refractivity contribution in [1.29, 1.82) is 0 Å². The van der Waals surface area contributed by atoms with Gasteiger partial charge in [0.2, 0.25) is 0 Å². The minimum atomic E-state index is -2.60. The van der Waals surface area contributed by atoms with E-state index >= 15 is 0 Å². The normalized spacial score (nSPS) is 18.2. The molecule has 0 saturated heterocycles. The first kappa shape index (κ1) is 10.9. The number of rotatable bonds is 6. The Morgan fingerprint density at radius 1 is 1.46 bits per heavy atom. The number of nitrogens with one attached hydrogen (secondary N) is 1. The van der Waals surface area contributed by atoms with Gasteiger partial charge in [-0.1, -0.05) is 0 Å². The largest absolute Gasteiger partial charge is 0.314 e. The molecule has 78 valence electrons. The first-order valence-electron chi connectivity index (χ1n) is 4.74. The van der Waals surface area contributed by atoms with Gasteiger partial charge >= 0.3 is 0 Å². The van der Waals surface area contributed by atoms with Crippen molar-refractivity contribution in [3.05, 3.63) is 0 Å². The van der Waals surface area contributed by atoms with Crippen LogP contribution in [-0.2, 0) is 0 Å². The van der Waals surface area contributed by atoms with Crippen LogP contribution >= 0.6 is 0 Å². The monoisotopic (exact) mass is 192 g/mol. The van der Waals surface area contributed by atoms with E-state index < -0.39 is 5.92 Å². The van der Waals surface area contributed by atoms with Crippen molar-refractivity contribution in [1.82, 2.24) is 10.2 Å². The highest BCUT2D eigenvalue weighted by molar-refractivity contribution is 4.79. The van der Waals surface area contributed by atoms with Crippen LogP contribution in [0, 0.1) is 5.92 Å². The van der Waals surface area contributed by atoms with Gasteiger partial charge in [-0.25, -0.2) is 8.78 Å². The van der Waals surface area contributed by atoms with Gasteiger partial charge in [-0.2, -0.15) is 0 Å². The van der Waals surface area contributed by atoms with E-state index in [2.05, 4.69) is 5.32 Å². The summed E-state index contributed by atoms with van der Waals surface area (Å²) in [5, 5.41) is 2.51. The molecule has 0 radical (unpaired) electrons. The number of nitrogens with zero attached hydrogens (tertiary/aromatic N) is 1. The zero-order chi connectivity index (χ0) is 9.90. The Bertz CT molecular complexity index is 158. The molecule has 1 rings (SSSR count). The van der Waals surface area contributed by atoms with Gasteiger partial charge in [-0.3, -0.25) is 0 Å². The average molecular weight is 192 g/mol. The molecule has 1 saturated carbocycles. The molecule has 0 unspecified atom stereocenters. The Morgan fingerprint density at radius 3 is 2.54 bits per heavy atom. The fraction of sp³-hybridized carbons (Fsp3) is 1.00. The van der Waals surface area contributed by atoms with Crippen molar-refractivity contribution in [2.45, 2.75) is 18.8 Å². The summed E-state index contributed by atoms with van der Waals surface area (Å²) in [4.78, 5) is 1.73. The Labute approximate surface area is 78.3 Å². The average Bonchev–Trinajstić information content (AvgIpc) is 2.68. The Balaban J connectivity index is 2.19. The van der Waals surface area contributed by atoms with E-state index in [1.54, 1.807) is 19.0 Å². The van der Waals surface area contributed by atoms with Crippen LogP contribution in [0.1, 0.15) is 12.8 Å². The van der Waals surface area contributed by atoms with Crippen LogP contribution in [0.2, 0.25) is 0 Å². The first-order chi connectivity index (χ1) is 6.03. The standard InChI is InChI=1S/C9H18F2N2/c1-12-6-9(10,11)7-13(2)5-8-3-4-8/h8,12H,3-7H2,1-2H3. The van der Waals surface area contributed by atoms with E-state index in [0.717, 1.165) is 6.54 Å². The van der Waals surface area contributed by atoms with Crippen LogP contribution in [0.15, 0.2) is 0 Å². The van der Waals surface area contributed by atoms with Gasteiger partial charge in [0.1, 0.15) is 0 Å². The minimum absolute atomic E-state index is 0.135. The van der Waals surface area contributed by atoms with Crippen LogP contribution < -0.4 is 5.32 Å². The topological polar surface area (TPSA) is 15.3 Å². The maximum atomic E-state index is 13.0. The maximum Gasteiger partial charge on any atom is 0.272 e. The summed E-state index contributed by atoms with van der Waals surface area (Å²) in [5.41, 5.74) is 0. The fourth-order valence-corrected chi connectivity index (χ4v) is 1.52. The first-order valence-corrected chi connectivity index (χ1v) is 4.74. The molecule has 0 spiro atoms. The third kappa shape index (κ3) is 4.52. The Hall–Kier alpha value is -0.220. The zero-order valence-electron chi connectivity index (χ0n) is 8.32. The van der Waals surface area contributed by atoms with Crippen molar-refractivity contribution >= 4 is 0 Å². The molecular formula is C9H18F2N2. The lowest BCUT2D eigenvalue weighted by Crippen LogP contribution is -2.41. The van der Waals surface area contributed by atoms with E-state index in [1.807, 2.05) is 0 Å². The smallest absolute Gasteiger partial charge is 0.272 e. The highest BCUT2D eigenvalue weighted by Gasteiger charge is 2.31. The molecule has 0 aromatic rings. The number of hydrogen-bond donors (Lipinski definition) is 1. The predicted molar refractivity (Wildman–Crippen MR) is 49.1 cm³/mol. The summed E-state index contributed by atoms with van der Waals surface area (Å²) < 4.78 is 26.1. The third-order valence-corrected chi connectivity index (χ3v) is 2.20. The highest BCUT2D eigenvalue weighted by Crippen LogP contribution is 2.29. The number of hydrogen-bond acceptors (Lipinski definition) is 2. The number of halogens is 2. The molecule has 2 nitrogen and oxygen atoms in total. The molecule has 1 N–H and O–H groups in total. The highest BCUT2D eigenvalue weighted by atomic mass is 19.3. The summed E-state index contributed by atoms with van der Waals surface area (Å²) >= 11 is 0. The fourth-order valence-electron chi connectivity index (χ4n) is 1.52. The van der Waals surface area contributed by atoms with Gasteiger partial charge in [-0.15, -0.1) is 0 Å². The van der Waals surface area contributed by atoms with Crippen molar-refractivity contribution in [2.24, 2.45) is 5.92 Å². The van der Waals surface area contributed by atoms with Gasteiger partial charge in [0.15, 0.2) is 0 Å². The second-order valence-corrected chi connectivity index (χ2v) is 4.03. The van der Waals surface area contributed by atoms with Gasteiger partial charge < -0.3 is 10.2 Å². The molecule has 1 aliphatic carbocycles. The zero-order valence-corrected chi connectivity index (χ0v) is 8.32. The summed E-state index contributed by atoms with van der Waals surface area (Å²) in [7, 11) is 3.32. The molecule has 0 aromatic heterocycles. The molecular weight excluding hydrogens is 174 g/mol. The van der Waals surface area contributed by atoms with Crippen molar-refractivity contribution in [2.75, 3.05) is 33.7 Å². The molecule has 0 heterocycles. The summed E-state index contributed by atoms with van der Waals surface area (Å²) in [6.45, 7) is 0.450. The lowest BCUT2D eigenvalue weighted by Gasteiger charge is -2.23. The van der Waals surface area contributed by atoms with E-state index in [0.29, 0.717) is 5.92 Å². The molecule has 0 bridgehead atoms. The van der Waals surface area contributed by atoms with E-state index in [4.69, 9.17) is 0 Å². The van der Waals surface area contributed by atoms with Gasteiger partial charge in [0.25, 0.3) is 5.92 Å². The van der Waals surface area contributed by atoms with E-state index in [-0.39, 0.29) is 13.1 Å². The summed E-state index contributed by atoms with van der Waals surface area (Å²) in [6.07, 6.45) is 2.42. The summed E-state index contributed by atoms with van der Waals surface area (Å²) in [6, 6.07) is 0. The van der Waals surface area contributed by atoms with E-state index in [9.17, 15) is 8.78 Å². The molecule has 0 atom stereocenters. The van der Waals surface area contributed by atoms with E-state index in [1.165, 1.54) is 12.8 Å². The summed E-state index contributed by atoms with van der Waals surface area (Å²) in [5.74, 6) is -1.92. The molecule has 0 aromatic carbocycles. The molecule has 0 aliphatic heterocycles. The minimum Gasteiger partial charge on any atom is -0.314 e. The second-order valence-electron chi connectivity index (χ2n) is 4.03. The third-order valence-electron chi connectivity index (χ3n) is 2.20. The van der Waals surface area contributed by atoms with Crippen LogP contribution in [0.3, 0.4) is 0 Å². The van der Waals surface area contributed by atoms with Crippen molar-refractivity contribution in [3.63, 3.8) is 0 Å². The molecule has 1 aliphatic rings. The van der Waals surface area contributed by atoms with Crippen LogP contribution in [0.4, 0.5) is 8.78 Å². The van der Waals surface area contributed by atoms with Crippen molar-refractivity contribution < 1.29 is 8.78 Å². The molecule has 4 heteroatoms. The van der Waals surface area contributed by atoms with Crippen LogP contribution in [0.25, 0.3) is 0 Å². The molecule has 1 fully saturated rings. The SMILES string of the molecule is CNCC(F)(F)CN(C)CC1CC1. The maximum absolute atomic E-state index is 13.0. The number of alkyl halides is 2. The molecule has 13 heavy (non-hydrogen) atoms. The van der Waals surface area contributed by atoms with Crippen molar-refractivity contribution in [3.8, 4) is 0 Å². The van der Waals surface area contributed by atoms with Crippen LogP contribution in [0.5, 0.6) is 0 Å². The Kier molecular flexibility index (Phi) is 3.62. The van der Waals surface area contributed by atoms with Gasteiger partial charge in [0, 0.05) is 6.54 Å². The lowest BCUT2D eigenvalue weighted by atomic mass is 10.3. The lowest BCUT2D eigenvalue weighted by molar-refractivity contribution is -0.0240. The Morgan fingerprint density at radius 2 is 2.08 bits per heavy atom. The molecule has 0 amide bonds. The second kappa shape index (κ2) is 4.33.